The normalized spacial score (nSPS) is 11.8. The van der Waals surface area contributed by atoms with Crippen molar-refractivity contribution in [2.75, 3.05) is 0 Å². The summed E-state index contributed by atoms with van der Waals surface area (Å²) in [5, 5.41) is 7.03. The SMILES string of the molecule is c1ccc(-c2nc(-c3ccc(-c4cccc5oc6ccccc6c45)cc3)nc(-c3cccc(-n4c5ccccc5c5ccc6c7ccccc7n(-c7ccccc7)c6c54)c3)n2)cc1. The van der Waals surface area contributed by atoms with Crippen LogP contribution in [0, 0.1) is 0 Å². The Morgan fingerprint density at radius 3 is 1.48 bits per heavy atom. The van der Waals surface area contributed by atoms with Crippen molar-refractivity contribution >= 4 is 65.6 Å². The summed E-state index contributed by atoms with van der Waals surface area (Å²) in [4.78, 5) is 15.5. The van der Waals surface area contributed by atoms with E-state index in [0.717, 1.165) is 77.7 Å². The molecule has 0 N–H and O–H groups in total. The fourth-order valence-electron chi connectivity index (χ4n) is 9.56. The summed E-state index contributed by atoms with van der Waals surface area (Å²) >= 11 is 0. The van der Waals surface area contributed by atoms with Gasteiger partial charge in [0.1, 0.15) is 11.2 Å². The first kappa shape index (κ1) is 35.2. The third-order valence-corrected chi connectivity index (χ3v) is 12.4. The van der Waals surface area contributed by atoms with Gasteiger partial charge in [0, 0.05) is 60.4 Å². The van der Waals surface area contributed by atoms with E-state index in [1.54, 1.807) is 0 Å². The van der Waals surface area contributed by atoms with E-state index >= 15 is 0 Å². The molecule has 0 spiro atoms. The molecule has 13 rings (SSSR count). The Morgan fingerprint density at radius 1 is 0.317 bits per heavy atom. The molecule has 0 aliphatic carbocycles. The van der Waals surface area contributed by atoms with Crippen molar-refractivity contribution in [3.63, 3.8) is 0 Å². The highest BCUT2D eigenvalue weighted by atomic mass is 16.3. The molecule has 294 valence electrons. The molecule has 0 aliphatic rings. The van der Waals surface area contributed by atoms with Crippen LogP contribution >= 0.6 is 0 Å². The highest BCUT2D eigenvalue weighted by molar-refractivity contribution is 6.24. The molecule has 0 bridgehead atoms. The van der Waals surface area contributed by atoms with Gasteiger partial charge in [-0.3, -0.25) is 0 Å². The first-order chi connectivity index (χ1) is 31.2. The Balaban J connectivity index is 0.995. The van der Waals surface area contributed by atoms with E-state index in [2.05, 4.69) is 173 Å². The van der Waals surface area contributed by atoms with Gasteiger partial charge in [0.2, 0.25) is 0 Å². The first-order valence-corrected chi connectivity index (χ1v) is 21.2. The van der Waals surface area contributed by atoms with E-state index in [9.17, 15) is 0 Å². The Hall–Kier alpha value is -8.61. The number of benzene rings is 9. The van der Waals surface area contributed by atoms with Crippen molar-refractivity contribution in [2.24, 2.45) is 0 Å². The van der Waals surface area contributed by atoms with Crippen LogP contribution in [0.15, 0.2) is 217 Å². The fourth-order valence-corrected chi connectivity index (χ4v) is 9.56. The van der Waals surface area contributed by atoms with Gasteiger partial charge in [0.15, 0.2) is 17.5 Å². The van der Waals surface area contributed by atoms with Gasteiger partial charge in [-0.05, 0) is 59.7 Å². The number of furan rings is 1. The lowest BCUT2D eigenvalue weighted by molar-refractivity contribution is 0.669. The van der Waals surface area contributed by atoms with E-state index in [1.165, 1.54) is 27.1 Å². The molecule has 63 heavy (non-hydrogen) atoms. The highest BCUT2D eigenvalue weighted by Gasteiger charge is 2.22. The molecule has 0 atom stereocenters. The quantitative estimate of drug-likeness (QED) is 0.168. The molecule has 0 aliphatic heterocycles. The lowest BCUT2D eigenvalue weighted by Gasteiger charge is -2.14. The van der Waals surface area contributed by atoms with Crippen molar-refractivity contribution < 1.29 is 4.42 Å². The van der Waals surface area contributed by atoms with Crippen molar-refractivity contribution in [1.82, 2.24) is 24.1 Å². The number of fused-ring (bicyclic) bond motifs is 10. The van der Waals surface area contributed by atoms with Crippen molar-refractivity contribution in [2.45, 2.75) is 0 Å². The molecular formula is C57H35N5O. The summed E-state index contributed by atoms with van der Waals surface area (Å²) in [5.74, 6) is 1.82. The maximum atomic E-state index is 6.22. The monoisotopic (exact) mass is 805 g/mol. The van der Waals surface area contributed by atoms with Crippen LogP contribution in [-0.4, -0.2) is 24.1 Å². The fraction of sp³-hybridized carbons (Fsp3) is 0. The molecule has 6 heteroatoms. The third kappa shape index (κ3) is 5.55. The first-order valence-electron chi connectivity index (χ1n) is 21.2. The second kappa shape index (κ2) is 14.0. The summed E-state index contributed by atoms with van der Waals surface area (Å²) in [5.41, 5.74) is 13.4. The van der Waals surface area contributed by atoms with Gasteiger partial charge in [-0.15, -0.1) is 0 Å². The van der Waals surface area contributed by atoms with Gasteiger partial charge in [-0.25, -0.2) is 15.0 Å². The summed E-state index contributed by atoms with van der Waals surface area (Å²) < 4.78 is 11.0. The molecule has 0 unspecified atom stereocenters. The second-order valence-electron chi connectivity index (χ2n) is 16.0. The third-order valence-electron chi connectivity index (χ3n) is 12.4. The molecule has 0 radical (unpaired) electrons. The molecule has 4 aromatic heterocycles. The van der Waals surface area contributed by atoms with Gasteiger partial charge in [0.05, 0.1) is 22.1 Å². The van der Waals surface area contributed by atoms with Gasteiger partial charge in [0.25, 0.3) is 0 Å². The average molecular weight is 806 g/mol. The minimum atomic E-state index is 0.601. The maximum absolute atomic E-state index is 6.22. The zero-order valence-electron chi connectivity index (χ0n) is 33.9. The van der Waals surface area contributed by atoms with Crippen molar-refractivity contribution in [1.29, 1.82) is 0 Å². The Bertz CT molecular complexity index is 3900. The van der Waals surface area contributed by atoms with Crippen LogP contribution in [0.3, 0.4) is 0 Å². The van der Waals surface area contributed by atoms with Crippen LogP contribution in [-0.2, 0) is 0 Å². The molecule has 0 amide bonds. The Morgan fingerprint density at radius 2 is 0.794 bits per heavy atom. The molecule has 9 aromatic carbocycles. The molecule has 4 heterocycles. The zero-order valence-corrected chi connectivity index (χ0v) is 33.9. The molecular weight excluding hydrogens is 771 g/mol. The summed E-state index contributed by atoms with van der Waals surface area (Å²) in [6.45, 7) is 0. The largest absolute Gasteiger partial charge is 0.456 e. The Labute approximate surface area is 361 Å². The van der Waals surface area contributed by atoms with E-state index in [4.69, 9.17) is 19.4 Å². The van der Waals surface area contributed by atoms with Crippen LogP contribution in [0.2, 0.25) is 0 Å². The van der Waals surface area contributed by atoms with Gasteiger partial charge in [-0.1, -0.05) is 164 Å². The number of hydrogen-bond donors (Lipinski definition) is 0. The van der Waals surface area contributed by atoms with Gasteiger partial charge < -0.3 is 13.6 Å². The lowest BCUT2D eigenvalue weighted by atomic mass is 9.98. The molecule has 0 fully saturated rings. The Kier molecular flexibility index (Phi) is 7.80. The number of nitrogens with zero attached hydrogens (tertiary/aromatic N) is 5. The maximum Gasteiger partial charge on any atom is 0.164 e. The van der Waals surface area contributed by atoms with Crippen LogP contribution < -0.4 is 0 Å². The summed E-state index contributed by atoms with van der Waals surface area (Å²) in [6, 6.07) is 74.4. The van der Waals surface area contributed by atoms with E-state index in [1.807, 2.05) is 48.5 Å². The van der Waals surface area contributed by atoms with Crippen LogP contribution in [0.25, 0.3) is 122 Å². The number of aromatic nitrogens is 5. The van der Waals surface area contributed by atoms with Gasteiger partial charge >= 0.3 is 0 Å². The minimum Gasteiger partial charge on any atom is -0.456 e. The van der Waals surface area contributed by atoms with Crippen LogP contribution in [0.5, 0.6) is 0 Å². The second-order valence-corrected chi connectivity index (χ2v) is 16.0. The predicted molar refractivity (Wildman–Crippen MR) is 258 cm³/mol. The van der Waals surface area contributed by atoms with E-state index in [0.29, 0.717) is 17.5 Å². The lowest BCUT2D eigenvalue weighted by Crippen LogP contribution is -2.01. The smallest absolute Gasteiger partial charge is 0.164 e. The van der Waals surface area contributed by atoms with Gasteiger partial charge in [-0.2, -0.15) is 0 Å². The molecule has 0 saturated carbocycles. The number of hydrogen-bond acceptors (Lipinski definition) is 4. The van der Waals surface area contributed by atoms with E-state index in [-0.39, 0.29) is 0 Å². The standard InChI is InChI=1S/C57H35N5O/c1-3-15-37(16-4-1)55-58-56(38-31-29-36(30-32-38)42-24-14-28-51-52(42)47-23-9-12-27-50(47)63-51)60-57(59-55)39-17-13-20-41(35-39)62-49-26-11-8-22-44(49)46-34-33-45-43-21-7-10-25-48(43)61(53(45)54(46)62)40-18-5-2-6-19-40/h1-35H. The van der Waals surface area contributed by atoms with Crippen molar-refractivity contribution in [3.05, 3.63) is 212 Å². The zero-order chi connectivity index (χ0) is 41.4. The van der Waals surface area contributed by atoms with Crippen LogP contribution in [0.4, 0.5) is 0 Å². The molecule has 13 aromatic rings. The number of rotatable bonds is 6. The van der Waals surface area contributed by atoms with Crippen molar-refractivity contribution in [3.8, 4) is 56.7 Å². The number of para-hydroxylation sites is 4. The average Bonchev–Trinajstić information content (AvgIpc) is 4.03. The molecule has 0 saturated heterocycles. The summed E-state index contributed by atoms with van der Waals surface area (Å²) in [6.07, 6.45) is 0. The van der Waals surface area contributed by atoms with Crippen LogP contribution in [0.1, 0.15) is 0 Å². The molecule has 6 nitrogen and oxygen atoms in total. The predicted octanol–water partition coefficient (Wildman–Crippen LogP) is 14.6. The topological polar surface area (TPSA) is 61.7 Å². The van der Waals surface area contributed by atoms with E-state index < -0.39 is 0 Å². The highest BCUT2D eigenvalue weighted by Crippen LogP contribution is 2.42. The summed E-state index contributed by atoms with van der Waals surface area (Å²) in [7, 11) is 0. The minimum absolute atomic E-state index is 0.601.